The summed E-state index contributed by atoms with van der Waals surface area (Å²) < 4.78 is 4.68. The highest BCUT2D eigenvalue weighted by atomic mass is 16.5. The van der Waals surface area contributed by atoms with E-state index in [9.17, 15) is 14.4 Å². The predicted molar refractivity (Wildman–Crippen MR) is 80.1 cm³/mol. The topological polar surface area (TPSA) is 92.7 Å². The van der Waals surface area contributed by atoms with Crippen molar-refractivity contribution in [3.05, 3.63) is 48.0 Å². The number of carbonyl (C=O) groups is 3. The minimum absolute atomic E-state index is 0.00861. The summed E-state index contributed by atoms with van der Waals surface area (Å²) in [6.07, 6.45) is 2.64. The van der Waals surface area contributed by atoms with Crippen LogP contribution in [-0.2, 0) is 25.5 Å². The first kappa shape index (κ1) is 17.4. The van der Waals surface area contributed by atoms with E-state index in [0.717, 1.165) is 11.6 Å². The third-order valence-electron chi connectivity index (χ3n) is 2.75. The molecule has 0 fully saturated rings. The van der Waals surface area contributed by atoms with Crippen LogP contribution in [-0.4, -0.2) is 35.6 Å². The maximum Gasteiger partial charge on any atom is 0.330 e. The molecule has 0 aliphatic carbocycles. The van der Waals surface area contributed by atoms with Crippen LogP contribution in [0, 0.1) is 0 Å². The number of hydrogen-bond donors (Lipinski definition) is 2. The molecule has 2 N–H and O–H groups in total. The second-order valence-electron chi connectivity index (χ2n) is 4.51. The fourth-order valence-corrected chi connectivity index (χ4v) is 1.74. The molecule has 118 valence electrons. The van der Waals surface area contributed by atoms with Gasteiger partial charge in [0.15, 0.2) is 0 Å². The molecular weight excluding hydrogens is 286 g/mol. The lowest BCUT2D eigenvalue weighted by Gasteiger charge is -2.12. The highest BCUT2D eigenvalue weighted by Gasteiger charge is 2.18. The molecule has 0 radical (unpaired) electrons. The first-order chi connectivity index (χ1) is 10.5. The maximum atomic E-state index is 11.8. The monoisotopic (exact) mass is 305 g/mol. The molecule has 0 aromatic heterocycles. The van der Waals surface area contributed by atoms with Crippen molar-refractivity contribution < 1.29 is 24.2 Å². The summed E-state index contributed by atoms with van der Waals surface area (Å²) in [6, 6.07) is 7.94. The van der Waals surface area contributed by atoms with Crippen molar-refractivity contribution >= 4 is 17.8 Å². The molecule has 0 aliphatic heterocycles. The summed E-state index contributed by atoms with van der Waals surface area (Å²) in [5, 5.41) is 11.5. The molecule has 0 heterocycles. The Labute approximate surface area is 128 Å². The number of rotatable bonds is 8. The minimum Gasteiger partial charge on any atom is -0.480 e. The highest BCUT2D eigenvalue weighted by molar-refractivity contribution is 5.85. The number of ether oxygens (including phenoxy) is 1. The molecule has 6 nitrogen and oxygen atoms in total. The number of carbonyl (C=O) groups excluding carboxylic acids is 2. The maximum absolute atomic E-state index is 11.8. The predicted octanol–water partition coefficient (Wildman–Crippen LogP) is 1.31. The second kappa shape index (κ2) is 9.33. The van der Waals surface area contributed by atoms with E-state index in [2.05, 4.69) is 10.1 Å². The Morgan fingerprint density at radius 3 is 2.55 bits per heavy atom. The van der Waals surface area contributed by atoms with E-state index in [1.165, 1.54) is 6.08 Å². The van der Waals surface area contributed by atoms with Gasteiger partial charge in [-0.1, -0.05) is 36.4 Å². The van der Waals surface area contributed by atoms with Gasteiger partial charge in [0.05, 0.1) is 13.0 Å². The normalized spacial score (nSPS) is 11.9. The lowest BCUT2D eigenvalue weighted by atomic mass is 10.1. The number of esters is 1. The van der Waals surface area contributed by atoms with Gasteiger partial charge in [-0.15, -0.1) is 0 Å². The number of carboxylic acid groups (broad SMARTS) is 1. The first-order valence-corrected chi connectivity index (χ1v) is 6.92. The van der Waals surface area contributed by atoms with Crippen molar-refractivity contribution in [2.45, 2.75) is 25.8 Å². The molecule has 1 amide bonds. The standard InChI is InChI=1S/C16H19NO5/c1-2-22-15(19)10-6-9-13(16(20)21)17-14(18)11-12-7-4-3-5-8-12/h3-8,10,13H,2,9,11H2,1H3,(H,17,18)(H,20,21)/b10-6+/t13-/m1/s1. The Morgan fingerprint density at radius 1 is 1.27 bits per heavy atom. The highest BCUT2D eigenvalue weighted by Crippen LogP contribution is 2.01. The zero-order valence-corrected chi connectivity index (χ0v) is 12.3. The van der Waals surface area contributed by atoms with E-state index in [-0.39, 0.29) is 25.4 Å². The van der Waals surface area contributed by atoms with Gasteiger partial charge in [-0.05, 0) is 18.9 Å². The molecule has 0 aliphatic rings. The molecule has 6 heteroatoms. The van der Waals surface area contributed by atoms with Crippen molar-refractivity contribution in [3.63, 3.8) is 0 Å². The van der Waals surface area contributed by atoms with Gasteiger partial charge in [0.25, 0.3) is 0 Å². The van der Waals surface area contributed by atoms with Crippen molar-refractivity contribution in [1.82, 2.24) is 5.32 Å². The van der Waals surface area contributed by atoms with Crippen LogP contribution in [0.3, 0.4) is 0 Å². The third-order valence-corrected chi connectivity index (χ3v) is 2.75. The van der Waals surface area contributed by atoms with Gasteiger partial charge in [-0.2, -0.15) is 0 Å². The van der Waals surface area contributed by atoms with Crippen molar-refractivity contribution in [2.75, 3.05) is 6.61 Å². The zero-order valence-electron chi connectivity index (χ0n) is 12.3. The lowest BCUT2D eigenvalue weighted by Crippen LogP contribution is -2.41. The zero-order chi connectivity index (χ0) is 16.4. The summed E-state index contributed by atoms with van der Waals surface area (Å²) in [4.78, 5) is 34.1. The number of hydrogen-bond acceptors (Lipinski definition) is 4. The van der Waals surface area contributed by atoms with Gasteiger partial charge in [0, 0.05) is 6.08 Å². The largest absolute Gasteiger partial charge is 0.480 e. The van der Waals surface area contributed by atoms with Crippen molar-refractivity contribution in [1.29, 1.82) is 0 Å². The molecule has 1 rings (SSSR count). The minimum atomic E-state index is -1.16. The molecule has 0 spiro atoms. The molecule has 0 unspecified atom stereocenters. The van der Waals surface area contributed by atoms with Crippen LogP contribution >= 0.6 is 0 Å². The first-order valence-electron chi connectivity index (χ1n) is 6.92. The Balaban J connectivity index is 2.51. The fourth-order valence-electron chi connectivity index (χ4n) is 1.74. The number of amides is 1. The number of benzene rings is 1. The average molecular weight is 305 g/mol. The van der Waals surface area contributed by atoms with E-state index in [1.54, 1.807) is 31.2 Å². The second-order valence-corrected chi connectivity index (χ2v) is 4.51. The molecular formula is C16H19NO5. The van der Waals surface area contributed by atoms with Gasteiger partial charge in [0.2, 0.25) is 5.91 Å². The van der Waals surface area contributed by atoms with Crippen molar-refractivity contribution in [2.24, 2.45) is 0 Å². The molecule has 1 atom stereocenters. The number of carboxylic acids is 1. The van der Waals surface area contributed by atoms with Crippen LogP contribution in [0.15, 0.2) is 42.5 Å². The molecule has 0 saturated heterocycles. The summed E-state index contributed by atoms with van der Waals surface area (Å²) in [5.41, 5.74) is 0.797. The smallest absolute Gasteiger partial charge is 0.330 e. The van der Waals surface area contributed by atoms with Gasteiger partial charge in [-0.3, -0.25) is 4.79 Å². The molecule has 1 aromatic carbocycles. The lowest BCUT2D eigenvalue weighted by molar-refractivity contribution is -0.141. The van der Waals surface area contributed by atoms with E-state index < -0.39 is 18.0 Å². The average Bonchev–Trinajstić information content (AvgIpc) is 2.47. The Morgan fingerprint density at radius 2 is 1.95 bits per heavy atom. The number of nitrogens with one attached hydrogen (secondary N) is 1. The summed E-state index contributed by atoms with van der Waals surface area (Å²) in [5.74, 6) is -2.08. The van der Waals surface area contributed by atoms with Gasteiger partial charge >= 0.3 is 11.9 Å². The van der Waals surface area contributed by atoms with E-state index in [0.29, 0.717) is 0 Å². The molecule has 22 heavy (non-hydrogen) atoms. The van der Waals surface area contributed by atoms with Gasteiger partial charge in [-0.25, -0.2) is 9.59 Å². The van der Waals surface area contributed by atoms with E-state index >= 15 is 0 Å². The Kier molecular flexibility index (Phi) is 7.39. The van der Waals surface area contributed by atoms with Gasteiger partial charge < -0.3 is 15.2 Å². The quantitative estimate of drug-likeness (QED) is 0.558. The summed E-state index contributed by atoms with van der Waals surface area (Å²) in [6.45, 7) is 1.93. The van der Waals surface area contributed by atoms with Crippen LogP contribution in [0.4, 0.5) is 0 Å². The van der Waals surface area contributed by atoms with E-state index in [4.69, 9.17) is 5.11 Å². The summed E-state index contributed by atoms with van der Waals surface area (Å²) >= 11 is 0. The number of aliphatic carboxylic acids is 1. The Hall–Kier alpha value is -2.63. The van der Waals surface area contributed by atoms with E-state index in [1.807, 2.05) is 6.07 Å². The van der Waals surface area contributed by atoms with Gasteiger partial charge in [0.1, 0.15) is 6.04 Å². The van der Waals surface area contributed by atoms with Crippen LogP contribution in [0.5, 0.6) is 0 Å². The third kappa shape index (κ3) is 6.69. The molecule has 0 saturated carbocycles. The van der Waals surface area contributed by atoms with Crippen LogP contribution in [0.25, 0.3) is 0 Å². The molecule has 0 bridgehead atoms. The van der Waals surface area contributed by atoms with Crippen LogP contribution < -0.4 is 5.32 Å². The van der Waals surface area contributed by atoms with Crippen molar-refractivity contribution in [3.8, 4) is 0 Å². The van der Waals surface area contributed by atoms with Crippen LogP contribution in [0.2, 0.25) is 0 Å². The summed E-state index contributed by atoms with van der Waals surface area (Å²) in [7, 11) is 0. The SMILES string of the molecule is CCOC(=O)/C=C/C[C@@H](NC(=O)Cc1ccccc1)C(=O)O. The molecule has 1 aromatic rings. The Bertz CT molecular complexity index is 539. The fraction of sp³-hybridized carbons (Fsp3) is 0.312. The van der Waals surface area contributed by atoms with Crippen LogP contribution in [0.1, 0.15) is 18.9 Å².